The summed E-state index contributed by atoms with van der Waals surface area (Å²) in [5, 5.41) is 0. The molecule has 10 heavy (non-hydrogen) atoms. The molecule has 0 aromatic carbocycles. The van der Waals surface area contributed by atoms with Crippen LogP contribution in [0.4, 0.5) is 0 Å². The lowest BCUT2D eigenvalue weighted by Crippen LogP contribution is -1.53. The second-order valence-electron chi connectivity index (χ2n) is 1.20. The Labute approximate surface area is 66.7 Å². The highest BCUT2D eigenvalue weighted by atomic mass is 13.7. The van der Waals surface area contributed by atoms with Crippen LogP contribution in [0.2, 0.25) is 0 Å². The van der Waals surface area contributed by atoms with E-state index in [0.29, 0.717) is 0 Å². The molecule has 0 rings (SSSR count). The van der Waals surface area contributed by atoms with Crippen LogP contribution in [0.15, 0.2) is 18.4 Å². The first-order valence-electron chi connectivity index (χ1n) is 4.26. The highest BCUT2D eigenvalue weighted by Gasteiger charge is 1.64. The van der Waals surface area contributed by atoms with Crippen molar-refractivity contribution in [1.29, 1.82) is 0 Å². The Balaban J connectivity index is -0.000000105. The number of rotatable bonds is 2. The highest BCUT2D eigenvalue weighted by Crippen LogP contribution is 1.83. The zero-order valence-corrected chi connectivity index (χ0v) is 8.20. The predicted octanol–water partition coefficient (Wildman–Crippen LogP) is 4.18. The van der Waals surface area contributed by atoms with Crippen molar-refractivity contribution in [3.63, 3.8) is 0 Å². The van der Waals surface area contributed by atoms with E-state index in [1.165, 1.54) is 6.42 Å². The SMILES string of the molecule is C=C=CCCC.CC.CC. The third-order valence-electron chi connectivity index (χ3n) is 0.577. The van der Waals surface area contributed by atoms with Gasteiger partial charge in [0.15, 0.2) is 0 Å². The lowest BCUT2D eigenvalue weighted by atomic mass is 10.3. The molecule has 0 saturated heterocycles. The van der Waals surface area contributed by atoms with Crippen LogP contribution in [0, 0.1) is 0 Å². The first-order valence-corrected chi connectivity index (χ1v) is 4.26. The summed E-state index contributed by atoms with van der Waals surface area (Å²) in [6, 6.07) is 0. The molecule has 0 nitrogen and oxygen atoms in total. The van der Waals surface area contributed by atoms with Crippen LogP contribution in [0.3, 0.4) is 0 Å². The maximum atomic E-state index is 3.42. The van der Waals surface area contributed by atoms with Gasteiger partial charge in [0, 0.05) is 0 Å². The first kappa shape index (κ1) is 16.3. The lowest BCUT2D eigenvalue weighted by molar-refractivity contribution is 0.960. The molecule has 0 aliphatic rings. The van der Waals surface area contributed by atoms with E-state index >= 15 is 0 Å². The molecule has 0 aromatic heterocycles. The molecule has 0 unspecified atom stereocenters. The van der Waals surface area contributed by atoms with E-state index in [4.69, 9.17) is 0 Å². The zero-order chi connectivity index (χ0) is 8.83. The van der Waals surface area contributed by atoms with Crippen LogP contribution in [-0.4, -0.2) is 0 Å². The molecule has 0 N–H and O–H groups in total. The average Bonchev–Trinajstić information content (AvgIpc) is 2.08. The molecular formula is C10H22. The van der Waals surface area contributed by atoms with Crippen LogP contribution in [-0.2, 0) is 0 Å². The van der Waals surface area contributed by atoms with E-state index in [-0.39, 0.29) is 0 Å². The van der Waals surface area contributed by atoms with Crippen LogP contribution in [0.5, 0.6) is 0 Å². The standard InChI is InChI=1S/C6H10.2C2H6/c1-3-5-6-4-2;2*1-2/h5H,1,4,6H2,2H3;2*1-2H3. The first-order chi connectivity index (χ1) is 4.91. The van der Waals surface area contributed by atoms with Gasteiger partial charge in [0.05, 0.1) is 0 Å². The Morgan fingerprint density at radius 3 is 1.70 bits per heavy atom. The molecule has 62 valence electrons. The summed E-state index contributed by atoms with van der Waals surface area (Å²) >= 11 is 0. The monoisotopic (exact) mass is 142 g/mol. The van der Waals surface area contributed by atoms with E-state index in [9.17, 15) is 0 Å². The number of hydrogen-bond acceptors (Lipinski definition) is 0. The second-order valence-corrected chi connectivity index (χ2v) is 1.20. The third-order valence-corrected chi connectivity index (χ3v) is 0.577. The van der Waals surface area contributed by atoms with Gasteiger partial charge in [-0.2, -0.15) is 0 Å². The summed E-state index contributed by atoms with van der Waals surface area (Å²) in [4.78, 5) is 0. The molecule has 0 aliphatic heterocycles. The van der Waals surface area contributed by atoms with Gasteiger partial charge < -0.3 is 0 Å². The van der Waals surface area contributed by atoms with Gasteiger partial charge in [-0.15, -0.1) is 5.73 Å². The van der Waals surface area contributed by atoms with Gasteiger partial charge in [-0.1, -0.05) is 47.6 Å². The lowest BCUT2D eigenvalue weighted by Gasteiger charge is -1.73. The largest absolute Gasteiger partial charge is 0.133 e. The van der Waals surface area contributed by atoms with Gasteiger partial charge in [0.25, 0.3) is 0 Å². The molecule has 0 amide bonds. The van der Waals surface area contributed by atoms with Crippen LogP contribution in [0.1, 0.15) is 47.5 Å². The average molecular weight is 142 g/mol. The van der Waals surface area contributed by atoms with Crippen molar-refractivity contribution in [1.82, 2.24) is 0 Å². The van der Waals surface area contributed by atoms with Gasteiger partial charge in [0.2, 0.25) is 0 Å². The van der Waals surface area contributed by atoms with Gasteiger partial charge in [0.1, 0.15) is 0 Å². The summed E-state index contributed by atoms with van der Waals surface area (Å²) in [5.74, 6) is 0. The number of allylic oxidation sites excluding steroid dienone is 1. The quantitative estimate of drug-likeness (QED) is 0.507. The van der Waals surface area contributed by atoms with Crippen molar-refractivity contribution in [2.75, 3.05) is 0 Å². The second kappa shape index (κ2) is 38.9. The molecule has 0 spiro atoms. The molecule has 0 bridgehead atoms. The summed E-state index contributed by atoms with van der Waals surface area (Å²) in [7, 11) is 0. The molecule has 0 atom stereocenters. The molecule has 0 aliphatic carbocycles. The Morgan fingerprint density at radius 2 is 1.60 bits per heavy atom. The predicted molar refractivity (Wildman–Crippen MR) is 51.3 cm³/mol. The van der Waals surface area contributed by atoms with Gasteiger partial charge >= 0.3 is 0 Å². The van der Waals surface area contributed by atoms with E-state index in [2.05, 4.69) is 19.2 Å². The highest BCUT2D eigenvalue weighted by molar-refractivity contribution is 4.73. The number of hydrogen-bond donors (Lipinski definition) is 0. The van der Waals surface area contributed by atoms with E-state index < -0.39 is 0 Å². The van der Waals surface area contributed by atoms with Crippen LogP contribution >= 0.6 is 0 Å². The maximum absolute atomic E-state index is 3.42. The fourth-order valence-electron chi connectivity index (χ4n) is 0.246. The molecular weight excluding hydrogens is 120 g/mol. The van der Waals surface area contributed by atoms with Crippen molar-refractivity contribution in [2.45, 2.75) is 47.5 Å². The van der Waals surface area contributed by atoms with Gasteiger partial charge in [-0.25, -0.2) is 0 Å². The van der Waals surface area contributed by atoms with Crippen molar-refractivity contribution < 1.29 is 0 Å². The van der Waals surface area contributed by atoms with Crippen LogP contribution < -0.4 is 0 Å². The normalized spacial score (nSPS) is 5.30. The Morgan fingerprint density at radius 1 is 1.20 bits per heavy atom. The minimum absolute atomic E-state index is 1.11. The maximum Gasteiger partial charge on any atom is -0.0277 e. The van der Waals surface area contributed by atoms with Gasteiger partial charge in [-0.05, 0) is 12.5 Å². The molecule has 0 saturated carbocycles. The summed E-state index contributed by atoms with van der Waals surface area (Å²) < 4.78 is 0. The molecule has 0 heterocycles. The summed E-state index contributed by atoms with van der Waals surface area (Å²) in [6.45, 7) is 13.6. The van der Waals surface area contributed by atoms with Crippen LogP contribution in [0.25, 0.3) is 0 Å². The van der Waals surface area contributed by atoms with Crippen molar-refractivity contribution in [3.05, 3.63) is 18.4 Å². The minimum atomic E-state index is 1.11. The fourth-order valence-corrected chi connectivity index (χ4v) is 0.246. The van der Waals surface area contributed by atoms with E-state index in [1.807, 2.05) is 33.8 Å². The van der Waals surface area contributed by atoms with Crippen molar-refractivity contribution in [3.8, 4) is 0 Å². The van der Waals surface area contributed by atoms with Crippen molar-refractivity contribution >= 4 is 0 Å². The number of unbranched alkanes of at least 4 members (excludes halogenated alkanes) is 1. The molecule has 0 fully saturated rings. The Hall–Kier alpha value is -0.480. The Kier molecular flexibility index (Phi) is 63.2. The molecule has 0 radical (unpaired) electrons. The van der Waals surface area contributed by atoms with Gasteiger partial charge in [-0.3, -0.25) is 0 Å². The summed E-state index contributed by atoms with van der Waals surface area (Å²) in [6.07, 6.45) is 4.26. The van der Waals surface area contributed by atoms with E-state index in [1.54, 1.807) is 0 Å². The fraction of sp³-hybridized carbons (Fsp3) is 0.700. The van der Waals surface area contributed by atoms with Crippen molar-refractivity contribution in [2.24, 2.45) is 0 Å². The summed E-state index contributed by atoms with van der Waals surface area (Å²) in [5.41, 5.74) is 2.69. The minimum Gasteiger partial charge on any atom is -0.133 e. The molecule has 0 heteroatoms. The Bertz CT molecular complexity index is 56.4. The smallest absolute Gasteiger partial charge is 0.0277 e. The van der Waals surface area contributed by atoms with E-state index in [0.717, 1.165) is 6.42 Å². The zero-order valence-electron chi connectivity index (χ0n) is 8.20. The topological polar surface area (TPSA) is 0 Å². The third kappa shape index (κ3) is 50.3. The molecule has 0 aromatic rings.